The zero-order valence-electron chi connectivity index (χ0n) is 14.8. The highest BCUT2D eigenvalue weighted by Gasteiger charge is 2.24. The quantitative estimate of drug-likeness (QED) is 0.413. The van der Waals surface area contributed by atoms with E-state index in [1.165, 1.54) is 23.1 Å². The van der Waals surface area contributed by atoms with Gasteiger partial charge < -0.3 is 9.52 Å². The molecule has 0 bridgehead atoms. The number of carbonyl (C=O) groups is 1. The van der Waals surface area contributed by atoms with Gasteiger partial charge in [0, 0.05) is 17.4 Å². The molecule has 24 heavy (non-hydrogen) atoms. The lowest BCUT2D eigenvalue weighted by atomic mass is 9.65. The second kappa shape index (κ2) is 5.97. The van der Waals surface area contributed by atoms with Crippen molar-refractivity contribution in [2.75, 3.05) is 0 Å². The van der Waals surface area contributed by atoms with Crippen molar-refractivity contribution in [3.05, 3.63) is 41.2 Å². The van der Waals surface area contributed by atoms with Crippen LogP contribution >= 0.6 is 0 Å². The number of aromatic hydroxyl groups is 1. The molecule has 0 saturated heterocycles. The van der Waals surface area contributed by atoms with E-state index in [1.807, 2.05) is 22.6 Å². The molecule has 0 unspecified atom stereocenters. The number of aryl methyl sites for hydroxylation is 1. The fourth-order valence-electron chi connectivity index (χ4n) is 3.27. The number of carbonyl (C=O) groups excluding carboxylic acids is 1. The average Bonchev–Trinajstić information content (AvgIpc) is 2.97. The predicted octanol–water partition coefficient (Wildman–Crippen LogP) is -3.03. The summed E-state index contributed by atoms with van der Waals surface area (Å²) in [6.45, 7) is 2.00. The van der Waals surface area contributed by atoms with Gasteiger partial charge in [-0.3, -0.25) is 4.79 Å². The molecule has 116 valence electrons. The maximum absolute atomic E-state index is 13.1. The Labute approximate surface area is 145 Å². The van der Waals surface area contributed by atoms with Gasteiger partial charge in [-0.2, -0.15) is 0 Å². The van der Waals surface area contributed by atoms with E-state index in [1.54, 1.807) is 12.1 Å². The molecule has 1 aromatic heterocycles. The van der Waals surface area contributed by atoms with Crippen LogP contribution in [0.1, 0.15) is 28.6 Å². The monoisotopic (exact) mass is 314 g/mol. The summed E-state index contributed by atoms with van der Waals surface area (Å²) in [5.74, 6) is 0.813. The topological polar surface area (TPSA) is 50.4 Å². The van der Waals surface area contributed by atoms with Crippen LogP contribution in [0.25, 0.3) is 11.0 Å². The van der Waals surface area contributed by atoms with Crippen LogP contribution in [-0.2, 0) is 6.42 Å². The van der Waals surface area contributed by atoms with E-state index >= 15 is 0 Å². The molecule has 0 saturated carbocycles. The molecule has 1 N–H and O–H groups in total. The summed E-state index contributed by atoms with van der Waals surface area (Å²) in [6.07, 6.45) is 0.658. The van der Waals surface area contributed by atoms with Crippen LogP contribution < -0.4 is 21.9 Å². The fraction of sp³-hybridized carbons (Fsp3) is 0.118. The molecule has 3 rings (SSSR count). The average molecular weight is 314 g/mol. The summed E-state index contributed by atoms with van der Waals surface area (Å²) in [5.41, 5.74) is 6.62. The number of hydrogen-bond acceptors (Lipinski definition) is 3. The number of ketones is 1. The number of rotatable bonds is 3. The smallest absolute Gasteiger partial charge is 0.197 e. The third kappa shape index (κ3) is 2.39. The standard InChI is InChI=1S/C17H18B4O3/c1-2-9-10(16(23)7-3-5-8(22)6-4-7)11-12(18)13(19)14(20)15(21)17(11)24-9/h3-6,22H,2,18-21H2,1H3. The number of hydrogen-bond donors (Lipinski definition) is 1. The zero-order valence-corrected chi connectivity index (χ0v) is 14.8. The van der Waals surface area contributed by atoms with Crippen molar-refractivity contribution < 1.29 is 14.3 Å². The van der Waals surface area contributed by atoms with Crippen LogP contribution in [0, 0.1) is 0 Å². The number of phenols is 1. The SMILES string of the molecule is Bc1c(B)c(B)c2c(C(=O)c3ccc(O)cc3)c(CC)oc2c1B. The molecule has 0 radical (unpaired) electrons. The molecule has 2 aromatic carbocycles. The molecule has 0 aliphatic carbocycles. The van der Waals surface area contributed by atoms with Crippen LogP contribution in [0.3, 0.4) is 0 Å². The summed E-state index contributed by atoms with van der Waals surface area (Å²) < 4.78 is 6.09. The first-order valence-electron chi connectivity index (χ1n) is 8.22. The van der Waals surface area contributed by atoms with Crippen LogP contribution in [0.5, 0.6) is 5.75 Å². The normalized spacial score (nSPS) is 11.0. The first-order chi connectivity index (χ1) is 11.4. The van der Waals surface area contributed by atoms with E-state index in [2.05, 4.69) is 15.7 Å². The largest absolute Gasteiger partial charge is 0.508 e. The van der Waals surface area contributed by atoms with Gasteiger partial charge >= 0.3 is 0 Å². The molecular formula is C17H18B4O3. The van der Waals surface area contributed by atoms with Gasteiger partial charge in [-0.15, -0.1) is 5.46 Å². The first-order valence-corrected chi connectivity index (χ1v) is 8.22. The van der Waals surface area contributed by atoms with Crippen LogP contribution in [0.15, 0.2) is 28.7 Å². The maximum atomic E-state index is 13.1. The number of phenolic OH excluding ortho intramolecular Hbond substituents is 1. The van der Waals surface area contributed by atoms with Crippen molar-refractivity contribution in [1.82, 2.24) is 0 Å². The summed E-state index contributed by atoms with van der Waals surface area (Å²) in [4.78, 5) is 13.1. The number of furan rings is 1. The minimum Gasteiger partial charge on any atom is -0.508 e. The molecular weight excluding hydrogens is 295 g/mol. The van der Waals surface area contributed by atoms with Gasteiger partial charge in [0.05, 0.1) is 5.56 Å². The summed E-state index contributed by atoms with van der Waals surface area (Å²) in [7, 11) is 8.27. The van der Waals surface area contributed by atoms with Crippen molar-refractivity contribution in [1.29, 1.82) is 0 Å². The highest BCUT2D eigenvalue weighted by molar-refractivity contribution is 6.66. The van der Waals surface area contributed by atoms with Crippen molar-refractivity contribution in [2.45, 2.75) is 13.3 Å². The molecule has 7 heteroatoms. The molecule has 1 heterocycles. The third-order valence-electron chi connectivity index (χ3n) is 5.06. The van der Waals surface area contributed by atoms with Crippen molar-refractivity contribution in [3.63, 3.8) is 0 Å². The van der Waals surface area contributed by atoms with Gasteiger partial charge in [-0.05, 0) is 24.3 Å². The lowest BCUT2D eigenvalue weighted by Crippen LogP contribution is -2.47. The molecule has 0 atom stereocenters. The molecule has 0 fully saturated rings. The number of benzene rings is 2. The van der Waals surface area contributed by atoms with E-state index in [0.29, 0.717) is 17.5 Å². The zero-order chi connectivity index (χ0) is 17.6. The second-order valence-corrected chi connectivity index (χ2v) is 6.33. The van der Waals surface area contributed by atoms with Gasteiger partial charge in [0.2, 0.25) is 0 Å². The maximum Gasteiger partial charge on any atom is 0.197 e. The minimum absolute atomic E-state index is 0.0589. The highest BCUT2D eigenvalue weighted by atomic mass is 16.3. The van der Waals surface area contributed by atoms with E-state index in [0.717, 1.165) is 27.7 Å². The Hall–Kier alpha value is -2.29. The molecule has 0 aliphatic heterocycles. The van der Waals surface area contributed by atoms with E-state index in [-0.39, 0.29) is 11.5 Å². The van der Waals surface area contributed by atoms with Crippen LogP contribution in [0.4, 0.5) is 0 Å². The highest BCUT2D eigenvalue weighted by Crippen LogP contribution is 2.26. The summed E-state index contributed by atoms with van der Waals surface area (Å²) >= 11 is 0. The molecule has 3 nitrogen and oxygen atoms in total. The Morgan fingerprint density at radius 2 is 1.58 bits per heavy atom. The number of fused-ring (bicyclic) bond motifs is 1. The molecule has 3 aromatic rings. The lowest BCUT2D eigenvalue weighted by Gasteiger charge is -2.12. The van der Waals surface area contributed by atoms with Gasteiger partial charge in [-0.1, -0.05) is 23.3 Å². The molecule has 0 spiro atoms. The minimum atomic E-state index is -0.0589. The van der Waals surface area contributed by atoms with Gasteiger partial charge in [0.1, 0.15) is 48.5 Å². The Kier molecular flexibility index (Phi) is 4.12. The van der Waals surface area contributed by atoms with Gasteiger partial charge in [-0.25, -0.2) is 0 Å². The van der Waals surface area contributed by atoms with Gasteiger partial charge in [0.25, 0.3) is 0 Å². The fourth-order valence-corrected chi connectivity index (χ4v) is 3.27. The first kappa shape index (κ1) is 16.6. The van der Waals surface area contributed by atoms with Crippen molar-refractivity contribution in [3.8, 4) is 5.75 Å². The summed E-state index contributed by atoms with van der Waals surface area (Å²) in [6, 6.07) is 6.38. The van der Waals surface area contributed by atoms with Gasteiger partial charge in [0.15, 0.2) is 5.78 Å². The Bertz CT molecular complexity index is 959. The predicted molar refractivity (Wildman–Crippen MR) is 110 cm³/mol. The Morgan fingerprint density at radius 1 is 1.00 bits per heavy atom. The van der Waals surface area contributed by atoms with E-state index in [9.17, 15) is 9.90 Å². The third-order valence-corrected chi connectivity index (χ3v) is 5.06. The van der Waals surface area contributed by atoms with E-state index < -0.39 is 0 Å². The van der Waals surface area contributed by atoms with Crippen molar-refractivity contribution >= 4 is 70.0 Å². The Balaban J connectivity index is 2.34. The van der Waals surface area contributed by atoms with Crippen LogP contribution in [0.2, 0.25) is 0 Å². The van der Waals surface area contributed by atoms with E-state index in [4.69, 9.17) is 4.42 Å². The van der Waals surface area contributed by atoms with Crippen LogP contribution in [-0.4, -0.2) is 42.3 Å². The van der Waals surface area contributed by atoms with Crippen molar-refractivity contribution in [2.24, 2.45) is 0 Å². The molecule has 0 amide bonds. The summed E-state index contributed by atoms with van der Waals surface area (Å²) in [5, 5.41) is 10.4. The Morgan fingerprint density at radius 3 is 2.17 bits per heavy atom. The second-order valence-electron chi connectivity index (χ2n) is 6.33. The lowest BCUT2D eigenvalue weighted by molar-refractivity contribution is 0.103. The molecule has 0 aliphatic rings.